The second-order valence-corrected chi connectivity index (χ2v) is 12.8. The summed E-state index contributed by atoms with van der Waals surface area (Å²) in [6.07, 6.45) is 0. The van der Waals surface area contributed by atoms with Crippen molar-refractivity contribution in [2.24, 2.45) is 0 Å². The van der Waals surface area contributed by atoms with Gasteiger partial charge < -0.3 is 13.7 Å². The molecule has 10 aromatic rings. The van der Waals surface area contributed by atoms with Crippen molar-refractivity contribution in [1.82, 2.24) is 8.97 Å². The zero-order valence-corrected chi connectivity index (χ0v) is 24.7. The van der Waals surface area contributed by atoms with Gasteiger partial charge in [-0.3, -0.25) is 0 Å². The predicted octanol–water partition coefficient (Wildman–Crippen LogP) is 8.54. The Balaban J connectivity index is 1.33. The number of aromatic nitrogens is 2. The maximum Gasteiger partial charge on any atom is 0.256 e. The topological polar surface area (TPSA) is 18.6 Å². The highest BCUT2D eigenvalue weighted by atomic mass is 16.5. The molecule has 0 saturated carbocycles. The fourth-order valence-corrected chi connectivity index (χ4v) is 8.95. The summed E-state index contributed by atoms with van der Waals surface area (Å²) in [6, 6.07) is 51.2. The van der Waals surface area contributed by atoms with Gasteiger partial charge in [-0.1, -0.05) is 97.1 Å². The fourth-order valence-electron chi connectivity index (χ4n) is 8.95. The molecule has 0 saturated heterocycles. The van der Waals surface area contributed by atoms with Crippen molar-refractivity contribution in [2.75, 3.05) is 0 Å². The lowest BCUT2D eigenvalue weighted by Crippen LogP contribution is -2.58. The van der Waals surface area contributed by atoms with Crippen LogP contribution in [0.1, 0.15) is 0 Å². The minimum absolute atomic E-state index is 0.121. The maximum absolute atomic E-state index is 6.60. The monoisotopic (exact) mass is 582 g/mol. The molecule has 0 spiro atoms. The Morgan fingerprint density at radius 3 is 2.15 bits per heavy atom. The molecule has 0 fully saturated rings. The summed E-state index contributed by atoms with van der Waals surface area (Å²) in [6.45, 7) is 0.121. The molecule has 210 valence electrons. The first-order valence-corrected chi connectivity index (χ1v) is 16.0. The molecule has 46 heavy (non-hydrogen) atoms. The molecular weight excluding hydrogens is 559 g/mol. The zero-order valence-electron chi connectivity index (χ0n) is 24.7. The van der Waals surface area contributed by atoms with Gasteiger partial charge in [-0.15, -0.1) is 0 Å². The van der Waals surface area contributed by atoms with Crippen LogP contribution in [0.5, 0.6) is 11.5 Å². The van der Waals surface area contributed by atoms with Crippen molar-refractivity contribution in [2.45, 2.75) is 0 Å². The summed E-state index contributed by atoms with van der Waals surface area (Å²) in [5.74, 6) is 1.90. The predicted molar refractivity (Wildman–Crippen MR) is 192 cm³/mol. The van der Waals surface area contributed by atoms with Crippen LogP contribution in [0.15, 0.2) is 140 Å². The normalized spacial score (nSPS) is 13.3. The van der Waals surface area contributed by atoms with Crippen LogP contribution in [0.2, 0.25) is 0 Å². The zero-order chi connectivity index (χ0) is 29.7. The number of para-hydroxylation sites is 3. The van der Waals surface area contributed by atoms with E-state index >= 15 is 0 Å². The van der Waals surface area contributed by atoms with Crippen molar-refractivity contribution in [1.29, 1.82) is 0 Å². The number of benzene rings is 7. The van der Waals surface area contributed by atoms with E-state index in [4.69, 9.17) is 4.74 Å². The molecule has 3 aromatic heterocycles. The van der Waals surface area contributed by atoms with Crippen LogP contribution < -0.4 is 21.1 Å². The summed E-state index contributed by atoms with van der Waals surface area (Å²) < 4.78 is 11.7. The molecule has 4 heteroatoms. The van der Waals surface area contributed by atoms with Gasteiger partial charge in [0.1, 0.15) is 11.5 Å². The smallest absolute Gasteiger partial charge is 0.256 e. The molecule has 2 aliphatic heterocycles. The lowest BCUT2D eigenvalue weighted by Gasteiger charge is -2.33. The summed E-state index contributed by atoms with van der Waals surface area (Å²) in [5.41, 5.74) is 13.9. The van der Waals surface area contributed by atoms with E-state index in [0.29, 0.717) is 0 Å². The van der Waals surface area contributed by atoms with Crippen molar-refractivity contribution in [3.05, 3.63) is 140 Å². The third-order valence-corrected chi connectivity index (χ3v) is 10.7. The van der Waals surface area contributed by atoms with Gasteiger partial charge in [0.2, 0.25) is 0 Å². The van der Waals surface area contributed by atoms with Gasteiger partial charge in [0, 0.05) is 43.5 Å². The molecule has 0 N–H and O–H groups in total. The van der Waals surface area contributed by atoms with Crippen LogP contribution >= 0.6 is 0 Å². The van der Waals surface area contributed by atoms with E-state index < -0.39 is 0 Å². The first kappa shape index (κ1) is 23.4. The third kappa shape index (κ3) is 2.62. The Kier molecular flexibility index (Phi) is 4.06. The summed E-state index contributed by atoms with van der Waals surface area (Å²) in [4.78, 5) is 0. The van der Waals surface area contributed by atoms with Gasteiger partial charge in [0.15, 0.2) is 0 Å². The maximum atomic E-state index is 6.60. The molecule has 5 heterocycles. The molecule has 0 aliphatic carbocycles. The number of nitrogens with zero attached hydrogens (tertiary/aromatic N) is 2. The van der Waals surface area contributed by atoms with Gasteiger partial charge in [-0.25, -0.2) is 0 Å². The van der Waals surface area contributed by atoms with Crippen LogP contribution in [-0.4, -0.2) is 15.7 Å². The van der Waals surface area contributed by atoms with Gasteiger partial charge in [0.05, 0.1) is 22.1 Å². The first-order valence-electron chi connectivity index (χ1n) is 16.0. The standard InChI is InChI=1S/C42H23BN2O/c1-2-10-24(11-3-1)25-22-29-26-12-4-6-16-33(26)44-34-21-20-28-27-13-8-15-32-41(27)45(42(28)38(34)30(23-25)40(29)44)35-17-9-19-37-39(35)43(32)31-14-5-7-18-36(31)46-37/h1-23H. The van der Waals surface area contributed by atoms with Crippen LogP contribution in [0.4, 0.5) is 0 Å². The van der Waals surface area contributed by atoms with Crippen molar-refractivity contribution in [3.8, 4) is 28.3 Å². The summed E-state index contributed by atoms with van der Waals surface area (Å²) >= 11 is 0. The van der Waals surface area contributed by atoms with Crippen LogP contribution in [-0.2, 0) is 0 Å². The average molecular weight is 582 g/mol. The summed E-state index contributed by atoms with van der Waals surface area (Å²) in [5, 5.41) is 7.77. The van der Waals surface area contributed by atoms with E-state index in [1.807, 2.05) is 0 Å². The molecule has 3 nitrogen and oxygen atoms in total. The largest absolute Gasteiger partial charge is 0.458 e. The molecular formula is C42H23BN2O. The second-order valence-electron chi connectivity index (χ2n) is 12.8. The number of rotatable bonds is 1. The van der Waals surface area contributed by atoms with E-state index in [0.717, 1.165) is 11.5 Å². The van der Waals surface area contributed by atoms with Crippen LogP contribution in [0.3, 0.4) is 0 Å². The molecule has 0 amide bonds. The van der Waals surface area contributed by atoms with Crippen LogP contribution in [0, 0.1) is 0 Å². The quantitative estimate of drug-likeness (QED) is 0.178. The van der Waals surface area contributed by atoms with E-state index in [1.165, 1.54) is 93.1 Å². The highest BCUT2D eigenvalue weighted by molar-refractivity contribution is 6.99. The van der Waals surface area contributed by atoms with Crippen molar-refractivity contribution >= 4 is 83.0 Å². The Labute approximate surface area is 263 Å². The molecule has 2 aliphatic rings. The number of hydrogen-bond acceptors (Lipinski definition) is 1. The van der Waals surface area contributed by atoms with Gasteiger partial charge in [-0.05, 0) is 70.0 Å². The lowest BCUT2D eigenvalue weighted by molar-refractivity contribution is 0.487. The van der Waals surface area contributed by atoms with E-state index in [9.17, 15) is 0 Å². The SMILES string of the molecule is c1ccc(-c2cc3c4ccccc4n4c5ccc6c7cccc8c7n(c6c5c(c2)c34)-c2cccc3c2B8c2ccccc2O3)cc1. The Morgan fingerprint density at radius 2 is 1.20 bits per heavy atom. The van der Waals surface area contributed by atoms with Crippen molar-refractivity contribution < 1.29 is 4.74 Å². The van der Waals surface area contributed by atoms with Crippen LogP contribution in [0.25, 0.3) is 76.7 Å². The third-order valence-electron chi connectivity index (χ3n) is 10.7. The number of fused-ring (bicyclic) bond motifs is 14. The minimum Gasteiger partial charge on any atom is -0.458 e. The molecule has 0 radical (unpaired) electrons. The molecule has 0 unspecified atom stereocenters. The second kappa shape index (κ2) is 7.98. The van der Waals surface area contributed by atoms with Gasteiger partial charge in [-0.2, -0.15) is 0 Å². The average Bonchev–Trinajstić information content (AvgIpc) is 3.75. The van der Waals surface area contributed by atoms with Gasteiger partial charge in [0.25, 0.3) is 6.71 Å². The van der Waals surface area contributed by atoms with Crippen molar-refractivity contribution in [3.63, 3.8) is 0 Å². The summed E-state index contributed by atoms with van der Waals surface area (Å²) in [7, 11) is 0. The highest BCUT2D eigenvalue weighted by Gasteiger charge is 2.40. The Hall–Kier alpha value is -6.00. The fraction of sp³-hybridized carbons (Fsp3) is 0. The van der Waals surface area contributed by atoms with Gasteiger partial charge >= 0.3 is 0 Å². The Bertz CT molecular complexity index is 2950. The molecule has 0 atom stereocenters. The highest BCUT2D eigenvalue weighted by Crippen LogP contribution is 2.46. The molecule has 0 bridgehead atoms. The number of hydrogen-bond donors (Lipinski definition) is 0. The van der Waals surface area contributed by atoms with E-state index in [1.54, 1.807) is 0 Å². The number of ether oxygens (including phenoxy) is 1. The lowest BCUT2D eigenvalue weighted by atomic mass is 9.34. The molecule has 12 rings (SSSR count). The van der Waals surface area contributed by atoms with E-state index in [-0.39, 0.29) is 6.71 Å². The first-order chi connectivity index (χ1) is 22.8. The Morgan fingerprint density at radius 1 is 0.457 bits per heavy atom. The molecule has 7 aromatic carbocycles. The van der Waals surface area contributed by atoms with E-state index in [2.05, 4.69) is 148 Å². The minimum atomic E-state index is 0.121.